The second-order valence-corrected chi connectivity index (χ2v) is 8.65. The molecule has 6 heteroatoms. The number of hydrogen-bond acceptors (Lipinski definition) is 4. The van der Waals surface area contributed by atoms with Crippen LogP contribution < -0.4 is 10.6 Å². The fraction of sp³-hybridized carbons (Fsp3) is 0.522. The van der Waals surface area contributed by atoms with Gasteiger partial charge in [0.25, 0.3) is 0 Å². The SMILES string of the molecule is CCNC(=NCc1ccccc1CN1CCOCC1)NCC(C)Cc1cccs1. The molecule has 1 fully saturated rings. The zero-order chi connectivity index (χ0) is 20.3. The molecule has 2 aromatic rings. The molecule has 1 atom stereocenters. The number of thiophene rings is 1. The smallest absolute Gasteiger partial charge is 0.191 e. The zero-order valence-corrected chi connectivity index (χ0v) is 18.5. The van der Waals surface area contributed by atoms with Crippen LogP contribution in [0.25, 0.3) is 0 Å². The van der Waals surface area contributed by atoms with Crippen LogP contribution in [0.4, 0.5) is 0 Å². The zero-order valence-electron chi connectivity index (χ0n) is 17.7. The molecule has 2 N–H and O–H groups in total. The molecule has 0 radical (unpaired) electrons. The molecule has 1 aromatic carbocycles. The van der Waals surface area contributed by atoms with Gasteiger partial charge in [0, 0.05) is 37.6 Å². The molecule has 2 heterocycles. The van der Waals surface area contributed by atoms with E-state index in [4.69, 9.17) is 9.73 Å². The number of hydrogen-bond donors (Lipinski definition) is 2. The largest absolute Gasteiger partial charge is 0.379 e. The Bertz CT molecular complexity index is 741. The molecule has 1 aromatic heterocycles. The molecule has 1 aliphatic rings. The van der Waals surface area contributed by atoms with Gasteiger partial charge < -0.3 is 15.4 Å². The van der Waals surface area contributed by atoms with E-state index in [2.05, 4.69) is 71.2 Å². The lowest BCUT2D eigenvalue weighted by molar-refractivity contribution is 0.0341. The Hall–Kier alpha value is -1.89. The van der Waals surface area contributed by atoms with Gasteiger partial charge in [0.05, 0.1) is 19.8 Å². The summed E-state index contributed by atoms with van der Waals surface area (Å²) in [5, 5.41) is 9.05. The van der Waals surface area contributed by atoms with Crippen molar-refractivity contribution in [1.82, 2.24) is 15.5 Å². The first kappa shape index (κ1) is 21.8. The van der Waals surface area contributed by atoms with Crippen molar-refractivity contribution in [3.8, 4) is 0 Å². The molecule has 29 heavy (non-hydrogen) atoms. The predicted octanol–water partition coefficient (Wildman–Crippen LogP) is 3.51. The number of aliphatic imine (C=N–C) groups is 1. The highest BCUT2D eigenvalue weighted by molar-refractivity contribution is 7.09. The summed E-state index contributed by atoms with van der Waals surface area (Å²) in [6, 6.07) is 13.0. The minimum absolute atomic E-state index is 0.561. The molecule has 0 saturated carbocycles. The van der Waals surface area contributed by atoms with Crippen LogP contribution in [0.2, 0.25) is 0 Å². The molecule has 0 bridgehead atoms. The maximum absolute atomic E-state index is 5.47. The number of rotatable bonds is 9. The van der Waals surface area contributed by atoms with Crippen LogP contribution in [0.15, 0.2) is 46.8 Å². The molecule has 5 nitrogen and oxygen atoms in total. The molecule has 158 valence electrons. The van der Waals surface area contributed by atoms with E-state index >= 15 is 0 Å². The number of nitrogens with zero attached hydrogens (tertiary/aromatic N) is 2. The average Bonchev–Trinajstić information content (AvgIpc) is 3.25. The van der Waals surface area contributed by atoms with Gasteiger partial charge in [-0.2, -0.15) is 0 Å². The third-order valence-corrected chi connectivity index (χ3v) is 6.01. The lowest BCUT2D eigenvalue weighted by atomic mass is 10.1. The molecule has 3 rings (SSSR count). The second kappa shape index (κ2) is 12.0. The fourth-order valence-electron chi connectivity index (χ4n) is 3.49. The average molecular weight is 415 g/mol. The summed E-state index contributed by atoms with van der Waals surface area (Å²) in [7, 11) is 0. The fourth-order valence-corrected chi connectivity index (χ4v) is 4.36. The monoisotopic (exact) mass is 414 g/mol. The summed E-state index contributed by atoms with van der Waals surface area (Å²) in [4.78, 5) is 8.76. The van der Waals surface area contributed by atoms with Gasteiger partial charge in [-0.1, -0.05) is 37.3 Å². The van der Waals surface area contributed by atoms with Gasteiger partial charge in [0.2, 0.25) is 0 Å². The second-order valence-electron chi connectivity index (χ2n) is 7.62. The van der Waals surface area contributed by atoms with Gasteiger partial charge >= 0.3 is 0 Å². The van der Waals surface area contributed by atoms with Crippen molar-refractivity contribution in [2.75, 3.05) is 39.4 Å². The lowest BCUT2D eigenvalue weighted by Crippen LogP contribution is -2.39. The number of nitrogens with one attached hydrogen (secondary N) is 2. The number of benzene rings is 1. The van der Waals surface area contributed by atoms with Gasteiger partial charge in [-0.05, 0) is 41.8 Å². The van der Waals surface area contributed by atoms with Gasteiger partial charge in [-0.25, -0.2) is 4.99 Å². The Labute approximate surface area is 179 Å². The van der Waals surface area contributed by atoms with E-state index in [0.717, 1.165) is 58.3 Å². The van der Waals surface area contributed by atoms with Gasteiger partial charge in [0.1, 0.15) is 0 Å². The molecule has 0 aliphatic carbocycles. The molecule has 0 amide bonds. The van der Waals surface area contributed by atoms with Crippen molar-refractivity contribution >= 4 is 17.3 Å². The molecule has 1 unspecified atom stereocenters. The molecule has 0 spiro atoms. The number of morpholine rings is 1. The summed E-state index contributed by atoms with van der Waals surface area (Å²) < 4.78 is 5.47. The quantitative estimate of drug-likeness (QED) is 0.487. The van der Waals surface area contributed by atoms with Crippen molar-refractivity contribution in [2.45, 2.75) is 33.4 Å². The van der Waals surface area contributed by atoms with E-state index in [1.54, 1.807) is 0 Å². The molecule has 1 saturated heterocycles. The van der Waals surface area contributed by atoms with E-state index in [-0.39, 0.29) is 0 Å². The Morgan fingerprint density at radius 1 is 1.14 bits per heavy atom. The Balaban J connectivity index is 1.56. The van der Waals surface area contributed by atoms with Crippen LogP contribution in [0, 0.1) is 5.92 Å². The van der Waals surface area contributed by atoms with E-state index in [1.165, 1.54) is 16.0 Å². The summed E-state index contributed by atoms with van der Waals surface area (Å²) in [6.07, 6.45) is 1.10. The normalized spacial score (nSPS) is 16.6. The van der Waals surface area contributed by atoms with Crippen LogP contribution in [-0.4, -0.2) is 50.3 Å². The lowest BCUT2D eigenvalue weighted by Gasteiger charge is -2.27. The van der Waals surface area contributed by atoms with Crippen LogP contribution in [0.1, 0.15) is 29.9 Å². The van der Waals surface area contributed by atoms with E-state index in [9.17, 15) is 0 Å². The predicted molar refractivity (Wildman–Crippen MR) is 123 cm³/mol. The number of ether oxygens (including phenoxy) is 1. The molecule has 1 aliphatic heterocycles. The van der Waals surface area contributed by atoms with Crippen molar-refractivity contribution in [1.29, 1.82) is 0 Å². The van der Waals surface area contributed by atoms with Gasteiger partial charge in [-0.3, -0.25) is 4.90 Å². The van der Waals surface area contributed by atoms with E-state index in [1.807, 2.05) is 11.3 Å². The maximum atomic E-state index is 5.47. The number of guanidine groups is 1. The highest BCUT2D eigenvalue weighted by Gasteiger charge is 2.13. The summed E-state index contributed by atoms with van der Waals surface area (Å²) in [6.45, 7) is 11.5. The molecular formula is C23H34N4OS. The third-order valence-electron chi connectivity index (χ3n) is 5.12. The van der Waals surface area contributed by atoms with Crippen molar-refractivity contribution in [3.63, 3.8) is 0 Å². The minimum atomic E-state index is 0.561. The van der Waals surface area contributed by atoms with Crippen LogP contribution >= 0.6 is 11.3 Å². The first-order chi connectivity index (χ1) is 14.2. The van der Waals surface area contributed by atoms with Crippen LogP contribution in [0.3, 0.4) is 0 Å². The van der Waals surface area contributed by atoms with Crippen molar-refractivity contribution in [2.24, 2.45) is 10.9 Å². The van der Waals surface area contributed by atoms with Crippen molar-refractivity contribution in [3.05, 3.63) is 57.8 Å². The van der Waals surface area contributed by atoms with Gasteiger partial charge in [-0.15, -0.1) is 11.3 Å². The summed E-state index contributed by atoms with van der Waals surface area (Å²) in [5.41, 5.74) is 2.66. The first-order valence-electron chi connectivity index (χ1n) is 10.7. The summed E-state index contributed by atoms with van der Waals surface area (Å²) >= 11 is 1.83. The Kier molecular flexibility index (Phi) is 8.99. The van der Waals surface area contributed by atoms with E-state index < -0.39 is 0 Å². The third kappa shape index (κ3) is 7.46. The minimum Gasteiger partial charge on any atom is -0.379 e. The Morgan fingerprint density at radius 2 is 1.93 bits per heavy atom. The van der Waals surface area contributed by atoms with E-state index in [0.29, 0.717) is 12.5 Å². The van der Waals surface area contributed by atoms with Crippen molar-refractivity contribution < 1.29 is 4.74 Å². The summed E-state index contributed by atoms with van der Waals surface area (Å²) in [5.74, 6) is 1.46. The van der Waals surface area contributed by atoms with Gasteiger partial charge in [0.15, 0.2) is 5.96 Å². The standard InChI is InChI=1S/C23H34N4OS/c1-3-24-23(25-16-19(2)15-22-9-6-14-29-22)26-17-20-7-4-5-8-21(20)18-27-10-12-28-13-11-27/h4-9,14,19H,3,10-13,15-18H2,1-2H3,(H2,24,25,26). The first-order valence-corrected chi connectivity index (χ1v) is 11.5. The Morgan fingerprint density at radius 3 is 2.66 bits per heavy atom. The molecular weight excluding hydrogens is 380 g/mol. The maximum Gasteiger partial charge on any atom is 0.191 e. The highest BCUT2D eigenvalue weighted by atomic mass is 32.1. The van der Waals surface area contributed by atoms with Crippen LogP contribution in [-0.2, 0) is 24.2 Å². The topological polar surface area (TPSA) is 48.9 Å². The highest BCUT2D eigenvalue weighted by Crippen LogP contribution is 2.15. The van der Waals surface area contributed by atoms with Crippen LogP contribution in [0.5, 0.6) is 0 Å².